The highest BCUT2D eigenvalue weighted by Gasteiger charge is 2.30. The Bertz CT molecular complexity index is 784. The maximum atomic E-state index is 12.6. The number of rotatable bonds is 3. The fourth-order valence-electron chi connectivity index (χ4n) is 2.97. The lowest BCUT2D eigenvalue weighted by Crippen LogP contribution is -2.36. The Hall–Kier alpha value is -2.20. The van der Waals surface area contributed by atoms with Gasteiger partial charge < -0.3 is 10.1 Å². The molecule has 0 saturated carbocycles. The van der Waals surface area contributed by atoms with Crippen LogP contribution in [-0.2, 0) is 17.7 Å². The lowest BCUT2D eigenvalue weighted by atomic mass is 10.1. The smallest absolute Gasteiger partial charge is 0.414 e. The molecular formula is C20H23ClN2O2. The van der Waals surface area contributed by atoms with Crippen LogP contribution < -0.4 is 10.2 Å². The van der Waals surface area contributed by atoms with E-state index in [1.807, 2.05) is 57.2 Å². The molecule has 0 aliphatic carbocycles. The summed E-state index contributed by atoms with van der Waals surface area (Å²) in [5, 5.41) is 4.07. The van der Waals surface area contributed by atoms with E-state index in [1.54, 1.807) is 4.90 Å². The summed E-state index contributed by atoms with van der Waals surface area (Å²) in [6.07, 6.45) is 0.556. The van der Waals surface area contributed by atoms with Crippen LogP contribution in [0.25, 0.3) is 0 Å². The summed E-state index contributed by atoms with van der Waals surface area (Å²) in [5.74, 6) is 0. The van der Waals surface area contributed by atoms with Gasteiger partial charge in [0, 0.05) is 23.8 Å². The van der Waals surface area contributed by atoms with E-state index in [0.717, 1.165) is 23.4 Å². The van der Waals surface area contributed by atoms with Gasteiger partial charge in [0.05, 0.1) is 5.69 Å². The molecule has 1 heterocycles. The molecular weight excluding hydrogens is 336 g/mol. The van der Waals surface area contributed by atoms with Gasteiger partial charge in [-0.05, 0) is 56.5 Å². The fourth-order valence-corrected chi connectivity index (χ4v) is 3.17. The van der Waals surface area contributed by atoms with Crippen molar-refractivity contribution in [2.45, 2.75) is 39.3 Å². The third-order valence-electron chi connectivity index (χ3n) is 4.00. The van der Waals surface area contributed by atoms with E-state index >= 15 is 0 Å². The molecule has 0 spiro atoms. The second-order valence-corrected chi connectivity index (χ2v) is 7.61. The third-order valence-corrected chi connectivity index (χ3v) is 4.23. The van der Waals surface area contributed by atoms with Gasteiger partial charge in [0.25, 0.3) is 0 Å². The first-order valence-electron chi connectivity index (χ1n) is 8.44. The zero-order valence-electron chi connectivity index (χ0n) is 14.8. The van der Waals surface area contributed by atoms with E-state index in [2.05, 4.69) is 11.4 Å². The minimum absolute atomic E-state index is 0.290. The Morgan fingerprint density at radius 3 is 2.72 bits per heavy atom. The first-order chi connectivity index (χ1) is 11.8. The third kappa shape index (κ3) is 4.26. The van der Waals surface area contributed by atoms with Crippen molar-refractivity contribution < 1.29 is 9.53 Å². The van der Waals surface area contributed by atoms with E-state index in [-0.39, 0.29) is 6.09 Å². The number of nitrogens with zero attached hydrogens (tertiary/aromatic N) is 1. The van der Waals surface area contributed by atoms with Gasteiger partial charge in [0.1, 0.15) is 5.60 Å². The van der Waals surface area contributed by atoms with Crippen molar-refractivity contribution in [3.05, 3.63) is 58.6 Å². The van der Waals surface area contributed by atoms with Crippen molar-refractivity contribution in [2.24, 2.45) is 0 Å². The van der Waals surface area contributed by atoms with E-state index in [1.165, 1.54) is 5.56 Å². The lowest BCUT2D eigenvalue weighted by Gasteiger charge is -2.26. The number of anilines is 2. The molecule has 0 fully saturated rings. The van der Waals surface area contributed by atoms with E-state index < -0.39 is 5.60 Å². The highest BCUT2D eigenvalue weighted by atomic mass is 35.5. The number of amides is 1. The normalized spacial score (nSPS) is 13.5. The summed E-state index contributed by atoms with van der Waals surface area (Å²) >= 11 is 6.04. The van der Waals surface area contributed by atoms with Gasteiger partial charge in [-0.3, -0.25) is 4.90 Å². The number of fused-ring (bicyclic) bond motifs is 1. The van der Waals surface area contributed by atoms with Gasteiger partial charge in [-0.15, -0.1) is 0 Å². The number of carbonyl (C=O) groups is 1. The summed E-state index contributed by atoms with van der Waals surface area (Å²) in [4.78, 5) is 14.3. The van der Waals surface area contributed by atoms with Crippen LogP contribution in [0, 0.1) is 0 Å². The highest BCUT2D eigenvalue weighted by Crippen LogP contribution is 2.33. The van der Waals surface area contributed by atoms with E-state index in [9.17, 15) is 4.79 Å². The molecule has 1 amide bonds. The SMILES string of the molecule is CC(C)(C)OC(=O)N1CCc2cccc(CNc3cccc(Cl)c3)c21. The van der Waals surface area contributed by atoms with Crippen LogP contribution in [0.5, 0.6) is 0 Å². The average Bonchev–Trinajstić information content (AvgIpc) is 2.96. The van der Waals surface area contributed by atoms with Gasteiger partial charge in [-0.25, -0.2) is 4.79 Å². The average molecular weight is 359 g/mol. The van der Waals surface area contributed by atoms with E-state index in [4.69, 9.17) is 16.3 Å². The summed E-state index contributed by atoms with van der Waals surface area (Å²) < 4.78 is 5.56. The number of hydrogen-bond donors (Lipinski definition) is 1. The first-order valence-corrected chi connectivity index (χ1v) is 8.82. The van der Waals surface area contributed by atoms with Crippen LogP contribution in [0.1, 0.15) is 31.9 Å². The molecule has 0 unspecified atom stereocenters. The number of para-hydroxylation sites is 1. The fraction of sp³-hybridized carbons (Fsp3) is 0.350. The van der Waals surface area contributed by atoms with Crippen LogP contribution in [0.15, 0.2) is 42.5 Å². The molecule has 0 radical (unpaired) electrons. The van der Waals surface area contributed by atoms with Gasteiger partial charge in [0.15, 0.2) is 0 Å². The maximum Gasteiger partial charge on any atom is 0.414 e. The second-order valence-electron chi connectivity index (χ2n) is 7.17. The Morgan fingerprint density at radius 2 is 2.00 bits per heavy atom. The molecule has 0 bridgehead atoms. The van der Waals surface area contributed by atoms with Crippen LogP contribution in [-0.4, -0.2) is 18.2 Å². The molecule has 3 rings (SSSR count). The van der Waals surface area contributed by atoms with Crippen LogP contribution in [0.4, 0.5) is 16.2 Å². The molecule has 0 aromatic heterocycles. The molecule has 4 nitrogen and oxygen atoms in total. The van der Waals surface area contributed by atoms with Crippen molar-refractivity contribution in [1.82, 2.24) is 0 Å². The lowest BCUT2D eigenvalue weighted by molar-refractivity contribution is 0.0583. The minimum Gasteiger partial charge on any atom is -0.443 e. The van der Waals surface area contributed by atoms with Crippen LogP contribution in [0.2, 0.25) is 5.02 Å². The topological polar surface area (TPSA) is 41.6 Å². The number of carbonyl (C=O) groups excluding carboxylic acids is 1. The van der Waals surface area contributed by atoms with Crippen molar-refractivity contribution in [2.75, 3.05) is 16.8 Å². The van der Waals surface area contributed by atoms with Crippen molar-refractivity contribution in [3.8, 4) is 0 Å². The van der Waals surface area contributed by atoms with E-state index in [0.29, 0.717) is 18.1 Å². The molecule has 1 N–H and O–H groups in total. The quantitative estimate of drug-likeness (QED) is 0.814. The molecule has 132 valence electrons. The number of hydrogen-bond acceptors (Lipinski definition) is 3. The molecule has 25 heavy (non-hydrogen) atoms. The Balaban J connectivity index is 1.81. The van der Waals surface area contributed by atoms with Crippen molar-refractivity contribution >= 4 is 29.1 Å². The molecule has 1 aliphatic rings. The van der Waals surface area contributed by atoms with Crippen LogP contribution >= 0.6 is 11.6 Å². The molecule has 2 aromatic carbocycles. The largest absolute Gasteiger partial charge is 0.443 e. The van der Waals surface area contributed by atoms with Gasteiger partial charge in [-0.2, -0.15) is 0 Å². The molecule has 0 saturated heterocycles. The Morgan fingerprint density at radius 1 is 1.24 bits per heavy atom. The van der Waals surface area contributed by atoms with Gasteiger partial charge in [-0.1, -0.05) is 35.9 Å². The van der Waals surface area contributed by atoms with Crippen LogP contribution in [0.3, 0.4) is 0 Å². The summed E-state index contributed by atoms with van der Waals surface area (Å²) in [6.45, 7) is 6.92. The van der Waals surface area contributed by atoms with Crippen molar-refractivity contribution in [1.29, 1.82) is 0 Å². The number of ether oxygens (including phenoxy) is 1. The monoisotopic (exact) mass is 358 g/mol. The number of benzene rings is 2. The minimum atomic E-state index is -0.506. The maximum absolute atomic E-state index is 12.6. The molecule has 5 heteroatoms. The predicted molar refractivity (Wildman–Crippen MR) is 103 cm³/mol. The summed E-state index contributed by atoms with van der Waals surface area (Å²) in [5.41, 5.74) is 3.66. The zero-order valence-corrected chi connectivity index (χ0v) is 15.6. The Labute approximate surface area is 153 Å². The predicted octanol–water partition coefficient (Wildman–Crippen LogP) is 5.25. The molecule has 1 aliphatic heterocycles. The second kappa shape index (κ2) is 6.96. The van der Waals surface area contributed by atoms with Crippen molar-refractivity contribution in [3.63, 3.8) is 0 Å². The zero-order chi connectivity index (χ0) is 18.0. The first kappa shape index (κ1) is 17.6. The standard InChI is InChI=1S/C20H23ClN2O2/c1-20(2,3)25-19(24)23-11-10-14-6-4-7-15(18(14)23)13-22-17-9-5-8-16(21)12-17/h4-9,12,22H,10-11,13H2,1-3H3. The number of halogens is 1. The molecule has 0 atom stereocenters. The highest BCUT2D eigenvalue weighted by molar-refractivity contribution is 6.30. The summed E-state index contributed by atoms with van der Waals surface area (Å²) in [7, 11) is 0. The molecule has 2 aromatic rings. The van der Waals surface area contributed by atoms with Gasteiger partial charge in [0.2, 0.25) is 0 Å². The summed E-state index contributed by atoms with van der Waals surface area (Å²) in [6, 6.07) is 13.8. The van der Waals surface area contributed by atoms with Gasteiger partial charge >= 0.3 is 6.09 Å². The Kier molecular flexibility index (Phi) is 4.91. The number of nitrogens with one attached hydrogen (secondary N) is 1.